The highest BCUT2D eigenvalue weighted by atomic mass is 16.5. The molecule has 1 amide bonds. The van der Waals surface area contributed by atoms with Crippen LogP contribution in [0.3, 0.4) is 0 Å². The molecule has 138 valence electrons. The number of nitrogens with one attached hydrogen (secondary N) is 1. The molecule has 1 aromatic carbocycles. The number of hydrogen-bond donors (Lipinski definition) is 2. The summed E-state index contributed by atoms with van der Waals surface area (Å²) in [6, 6.07) is 9.38. The van der Waals surface area contributed by atoms with E-state index in [1.54, 1.807) is 25.6 Å². The minimum atomic E-state index is -0.110. The molecule has 1 aliphatic rings. The van der Waals surface area contributed by atoms with Gasteiger partial charge in [-0.15, -0.1) is 0 Å². The molecule has 0 bridgehead atoms. The third kappa shape index (κ3) is 4.49. The van der Waals surface area contributed by atoms with Crippen molar-refractivity contribution in [3.05, 3.63) is 48.3 Å². The molecule has 2 heterocycles. The van der Waals surface area contributed by atoms with Crippen LogP contribution in [0.25, 0.3) is 0 Å². The fourth-order valence-electron chi connectivity index (χ4n) is 3.20. The minimum Gasteiger partial charge on any atom is -0.497 e. The molecule has 0 aliphatic carbocycles. The Kier molecular flexibility index (Phi) is 6.01. The zero-order valence-electron chi connectivity index (χ0n) is 14.8. The molecule has 0 unspecified atom stereocenters. The number of aromatic nitrogens is 2. The monoisotopic (exact) mass is 356 g/mol. The second-order valence-electron chi connectivity index (χ2n) is 6.42. The van der Waals surface area contributed by atoms with Gasteiger partial charge in [0, 0.05) is 44.4 Å². The van der Waals surface area contributed by atoms with Gasteiger partial charge < -0.3 is 20.1 Å². The van der Waals surface area contributed by atoms with Gasteiger partial charge in [-0.2, -0.15) is 0 Å². The van der Waals surface area contributed by atoms with Crippen molar-refractivity contribution in [2.75, 3.05) is 31.7 Å². The van der Waals surface area contributed by atoms with Crippen LogP contribution in [-0.4, -0.2) is 53.8 Å². The predicted molar refractivity (Wildman–Crippen MR) is 98.1 cm³/mol. The Hall–Kier alpha value is -2.67. The summed E-state index contributed by atoms with van der Waals surface area (Å²) >= 11 is 0. The van der Waals surface area contributed by atoms with E-state index < -0.39 is 0 Å². The van der Waals surface area contributed by atoms with Gasteiger partial charge >= 0.3 is 0 Å². The quantitative estimate of drug-likeness (QED) is 0.771. The van der Waals surface area contributed by atoms with Crippen molar-refractivity contribution in [1.82, 2.24) is 15.3 Å². The molecule has 2 N–H and O–H groups in total. The fraction of sp³-hybridized carbons (Fsp3) is 0.421. The lowest BCUT2D eigenvalue weighted by molar-refractivity contribution is -0.121. The predicted octanol–water partition coefficient (Wildman–Crippen LogP) is 1.03. The van der Waals surface area contributed by atoms with E-state index in [0.717, 1.165) is 11.3 Å². The zero-order chi connectivity index (χ0) is 18.4. The van der Waals surface area contributed by atoms with E-state index in [-0.39, 0.29) is 24.5 Å². The van der Waals surface area contributed by atoms with Crippen LogP contribution in [0.4, 0.5) is 5.95 Å². The number of amides is 1. The molecule has 1 aliphatic heterocycles. The third-order valence-corrected chi connectivity index (χ3v) is 4.63. The summed E-state index contributed by atoms with van der Waals surface area (Å²) in [5, 5.41) is 12.7. The number of anilines is 1. The average molecular weight is 356 g/mol. The summed E-state index contributed by atoms with van der Waals surface area (Å²) < 4.78 is 5.21. The molecule has 2 aromatic rings. The minimum absolute atomic E-state index is 0.0180. The summed E-state index contributed by atoms with van der Waals surface area (Å²) in [4.78, 5) is 22.8. The van der Waals surface area contributed by atoms with Crippen LogP contribution in [0, 0.1) is 5.92 Å². The summed E-state index contributed by atoms with van der Waals surface area (Å²) in [6.45, 7) is 1.24. The lowest BCUT2D eigenvalue weighted by Crippen LogP contribution is -2.41. The van der Waals surface area contributed by atoms with Crippen molar-refractivity contribution < 1.29 is 14.6 Å². The highest BCUT2D eigenvalue weighted by Crippen LogP contribution is 2.21. The highest BCUT2D eigenvalue weighted by Gasteiger charge is 2.34. The SMILES string of the molecule is COc1cccc(CCC(=O)N[C@@H]2CN(c3ncccn3)C[C@H]2CO)c1. The second kappa shape index (κ2) is 8.62. The molecule has 0 radical (unpaired) electrons. The molecule has 7 nitrogen and oxygen atoms in total. The molecular weight excluding hydrogens is 332 g/mol. The zero-order valence-corrected chi connectivity index (χ0v) is 14.8. The lowest BCUT2D eigenvalue weighted by Gasteiger charge is -2.18. The van der Waals surface area contributed by atoms with Gasteiger partial charge in [-0.25, -0.2) is 9.97 Å². The maximum atomic E-state index is 12.4. The highest BCUT2D eigenvalue weighted by molar-refractivity contribution is 5.76. The average Bonchev–Trinajstić information content (AvgIpc) is 3.10. The normalized spacial score (nSPS) is 19.4. The third-order valence-electron chi connectivity index (χ3n) is 4.63. The molecule has 0 spiro atoms. The first kappa shape index (κ1) is 18.1. The van der Waals surface area contributed by atoms with Crippen LogP contribution < -0.4 is 15.0 Å². The van der Waals surface area contributed by atoms with Gasteiger partial charge in [0.2, 0.25) is 11.9 Å². The number of methoxy groups -OCH3 is 1. The first-order chi connectivity index (χ1) is 12.7. The van der Waals surface area contributed by atoms with Gasteiger partial charge in [0.25, 0.3) is 0 Å². The van der Waals surface area contributed by atoms with Crippen LogP contribution in [-0.2, 0) is 11.2 Å². The van der Waals surface area contributed by atoms with Crippen molar-refractivity contribution in [1.29, 1.82) is 0 Å². The number of carbonyl (C=O) groups is 1. The molecule has 2 atom stereocenters. The number of nitrogens with zero attached hydrogens (tertiary/aromatic N) is 3. The van der Waals surface area contributed by atoms with E-state index in [4.69, 9.17) is 4.74 Å². The number of carbonyl (C=O) groups excluding carboxylic acids is 1. The molecular formula is C19H24N4O3. The van der Waals surface area contributed by atoms with Gasteiger partial charge in [-0.05, 0) is 30.2 Å². The first-order valence-corrected chi connectivity index (χ1v) is 8.74. The van der Waals surface area contributed by atoms with Crippen molar-refractivity contribution in [2.24, 2.45) is 5.92 Å². The number of aryl methyl sites for hydroxylation is 1. The van der Waals surface area contributed by atoms with Gasteiger partial charge in [-0.1, -0.05) is 12.1 Å². The number of benzene rings is 1. The topological polar surface area (TPSA) is 87.6 Å². The van der Waals surface area contributed by atoms with E-state index in [1.807, 2.05) is 29.2 Å². The number of hydrogen-bond acceptors (Lipinski definition) is 6. The van der Waals surface area contributed by atoms with E-state index in [9.17, 15) is 9.90 Å². The van der Waals surface area contributed by atoms with E-state index in [2.05, 4.69) is 15.3 Å². The van der Waals surface area contributed by atoms with Gasteiger partial charge in [0.1, 0.15) is 5.75 Å². The molecule has 26 heavy (non-hydrogen) atoms. The number of aliphatic hydroxyl groups is 1. The standard InChI is InChI=1S/C19H24N4O3/c1-26-16-5-2-4-14(10-16)6-7-18(25)22-17-12-23(11-15(17)13-24)19-20-8-3-9-21-19/h2-5,8-10,15,17,24H,6-7,11-13H2,1H3,(H,22,25)/t15-,17+/m0/s1. The summed E-state index contributed by atoms with van der Waals surface area (Å²) in [5.74, 6) is 1.36. The van der Waals surface area contributed by atoms with Crippen LogP contribution in [0.1, 0.15) is 12.0 Å². The largest absolute Gasteiger partial charge is 0.497 e. The van der Waals surface area contributed by atoms with Crippen molar-refractivity contribution in [3.63, 3.8) is 0 Å². The molecule has 0 saturated carbocycles. The molecule has 1 fully saturated rings. The second-order valence-corrected chi connectivity index (χ2v) is 6.42. The molecule has 7 heteroatoms. The van der Waals surface area contributed by atoms with Gasteiger partial charge in [0.15, 0.2) is 0 Å². The van der Waals surface area contributed by atoms with E-state index >= 15 is 0 Å². The molecule has 1 saturated heterocycles. The first-order valence-electron chi connectivity index (χ1n) is 8.74. The summed E-state index contributed by atoms with van der Waals surface area (Å²) in [6.07, 6.45) is 4.42. The molecule has 3 rings (SSSR count). The maximum absolute atomic E-state index is 12.4. The Morgan fingerprint density at radius 3 is 2.85 bits per heavy atom. The van der Waals surface area contributed by atoms with Crippen LogP contribution in [0.5, 0.6) is 5.75 Å². The van der Waals surface area contributed by atoms with E-state index in [1.165, 1.54) is 0 Å². The smallest absolute Gasteiger partial charge is 0.225 e. The number of ether oxygens (including phenoxy) is 1. The Balaban J connectivity index is 1.54. The van der Waals surface area contributed by atoms with E-state index in [0.29, 0.717) is 31.9 Å². The van der Waals surface area contributed by atoms with Crippen LogP contribution in [0.15, 0.2) is 42.7 Å². The van der Waals surface area contributed by atoms with Crippen molar-refractivity contribution >= 4 is 11.9 Å². The van der Waals surface area contributed by atoms with Crippen LogP contribution in [0.2, 0.25) is 0 Å². The Bertz CT molecular complexity index is 726. The van der Waals surface area contributed by atoms with Gasteiger partial charge in [0.05, 0.1) is 13.2 Å². The Labute approximate surface area is 153 Å². The van der Waals surface area contributed by atoms with Crippen LogP contribution >= 0.6 is 0 Å². The van der Waals surface area contributed by atoms with Crippen molar-refractivity contribution in [2.45, 2.75) is 18.9 Å². The Morgan fingerprint density at radius 1 is 1.31 bits per heavy atom. The summed E-state index contributed by atoms with van der Waals surface area (Å²) in [7, 11) is 1.63. The Morgan fingerprint density at radius 2 is 2.12 bits per heavy atom. The van der Waals surface area contributed by atoms with Crippen molar-refractivity contribution in [3.8, 4) is 5.75 Å². The number of rotatable bonds is 7. The fourth-order valence-corrected chi connectivity index (χ4v) is 3.20. The lowest BCUT2D eigenvalue weighted by atomic mass is 10.0. The van der Waals surface area contributed by atoms with Gasteiger partial charge in [-0.3, -0.25) is 4.79 Å². The number of aliphatic hydroxyl groups excluding tert-OH is 1. The molecule has 1 aromatic heterocycles. The maximum Gasteiger partial charge on any atom is 0.225 e. The summed E-state index contributed by atoms with van der Waals surface area (Å²) in [5.41, 5.74) is 1.06.